The van der Waals surface area contributed by atoms with E-state index in [0.717, 1.165) is 35.1 Å². The Hall–Kier alpha value is -2.53. The summed E-state index contributed by atoms with van der Waals surface area (Å²) in [6, 6.07) is 16.7. The minimum atomic E-state index is -0.489. The first-order valence-electron chi connectivity index (χ1n) is 14.2. The molecule has 3 rings (SSSR count). The number of aliphatic hydroxyl groups is 1. The Labute approximate surface area is 243 Å². The van der Waals surface area contributed by atoms with Crippen molar-refractivity contribution < 1.29 is 14.6 Å². The molecule has 1 amide bonds. The van der Waals surface area contributed by atoms with Crippen LogP contribution in [-0.2, 0) is 6.42 Å². The maximum absolute atomic E-state index is 12.8. The fraction of sp³-hybridized carbons (Fsp3) is 0.424. The number of hydrogen-bond acceptors (Lipinski definition) is 3. The third-order valence-electron chi connectivity index (χ3n) is 7.02. The molecule has 4 nitrogen and oxygen atoms in total. The molecule has 0 atom stereocenters. The van der Waals surface area contributed by atoms with Crippen LogP contribution in [-0.4, -0.2) is 24.2 Å². The molecule has 0 unspecified atom stereocenters. The average molecular weight is 571 g/mol. The van der Waals surface area contributed by atoms with Crippen molar-refractivity contribution in [3.05, 3.63) is 75.8 Å². The van der Waals surface area contributed by atoms with Gasteiger partial charge < -0.3 is 15.6 Å². The summed E-state index contributed by atoms with van der Waals surface area (Å²) in [6.07, 6.45) is 12.9. The molecular weight excluding hydrogens is 529 g/mol. The number of hydrogen-bond donors (Lipinski definition) is 2. The minimum Gasteiger partial charge on any atom is -0.490 e. The fourth-order valence-corrected chi connectivity index (χ4v) is 5.47. The average Bonchev–Trinajstić information content (AvgIpc) is 2.92. The maximum atomic E-state index is 12.8. The molecule has 0 spiro atoms. The van der Waals surface area contributed by atoms with Gasteiger partial charge in [0.25, 0.3) is 0 Å². The largest absolute Gasteiger partial charge is 0.490 e. The SMILES string of the molecule is CCCCCCCCCCCCc1c(C(N)=O)cc(-c2cccc(Cl)c2)c(OCCO)c1-c1cccc(Cl)c1. The Balaban J connectivity index is 1.97. The van der Waals surface area contributed by atoms with Gasteiger partial charge in [-0.2, -0.15) is 0 Å². The van der Waals surface area contributed by atoms with E-state index in [1.807, 2.05) is 42.5 Å². The molecule has 0 aliphatic carbocycles. The number of primary amides is 1. The highest BCUT2D eigenvalue weighted by molar-refractivity contribution is 6.31. The molecule has 3 aromatic rings. The lowest BCUT2D eigenvalue weighted by Crippen LogP contribution is -2.16. The van der Waals surface area contributed by atoms with E-state index >= 15 is 0 Å². The normalized spacial score (nSPS) is 11.1. The fourth-order valence-electron chi connectivity index (χ4n) is 5.09. The van der Waals surface area contributed by atoms with Gasteiger partial charge in [0.05, 0.1) is 6.61 Å². The molecule has 0 radical (unpaired) electrons. The van der Waals surface area contributed by atoms with Crippen LogP contribution in [0.15, 0.2) is 54.6 Å². The van der Waals surface area contributed by atoms with E-state index in [0.29, 0.717) is 33.3 Å². The summed E-state index contributed by atoms with van der Waals surface area (Å²) in [5.74, 6) is 0.0954. The standard InChI is InChI=1S/C33H41Cl2NO3/c1-2-3-4-5-6-7-8-9-10-11-18-28-30(33(36)38)23-29(24-14-12-16-26(34)21-24)32(39-20-19-37)31(28)25-15-13-17-27(35)22-25/h12-17,21-23,37H,2-11,18-20H2,1H3,(H2,36,38). The summed E-state index contributed by atoms with van der Waals surface area (Å²) < 4.78 is 6.19. The zero-order chi connectivity index (χ0) is 28.0. The molecule has 0 aromatic heterocycles. The summed E-state index contributed by atoms with van der Waals surface area (Å²) in [5, 5.41) is 10.8. The molecule has 0 saturated heterocycles. The summed E-state index contributed by atoms with van der Waals surface area (Å²) in [4.78, 5) is 12.8. The van der Waals surface area contributed by atoms with E-state index < -0.39 is 5.91 Å². The van der Waals surface area contributed by atoms with E-state index in [1.54, 1.807) is 12.1 Å². The van der Waals surface area contributed by atoms with Crippen molar-refractivity contribution in [2.45, 2.75) is 77.6 Å². The van der Waals surface area contributed by atoms with Gasteiger partial charge >= 0.3 is 0 Å². The van der Waals surface area contributed by atoms with Crippen LogP contribution in [0.3, 0.4) is 0 Å². The van der Waals surface area contributed by atoms with Crippen molar-refractivity contribution in [1.82, 2.24) is 0 Å². The van der Waals surface area contributed by atoms with Crippen LogP contribution >= 0.6 is 23.2 Å². The molecular formula is C33H41Cl2NO3. The smallest absolute Gasteiger partial charge is 0.249 e. The summed E-state index contributed by atoms with van der Waals surface area (Å²) in [7, 11) is 0. The summed E-state index contributed by atoms with van der Waals surface area (Å²) in [6.45, 7) is 2.21. The molecule has 0 aliphatic rings. The zero-order valence-corrected chi connectivity index (χ0v) is 24.5. The number of carbonyl (C=O) groups is 1. The Morgan fingerprint density at radius 1 is 0.821 bits per heavy atom. The monoisotopic (exact) mass is 569 g/mol. The van der Waals surface area contributed by atoms with E-state index in [-0.39, 0.29) is 13.2 Å². The highest BCUT2D eigenvalue weighted by Gasteiger charge is 2.24. The number of amides is 1. The lowest BCUT2D eigenvalue weighted by molar-refractivity contribution is 0.0999. The van der Waals surface area contributed by atoms with Gasteiger partial charge in [0.15, 0.2) is 0 Å². The van der Waals surface area contributed by atoms with Crippen LogP contribution < -0.4 is 10.5 Å². The second-order valence-corrected chi connectivity index (χ2v) is 10.9. The minimum absolute atomic E-state index is 0.106. The third kappa shape index (κ3) is 9.27. The topological polar surface area (TPSA) is 72.6 Å². The molecule has 6 heteroatoms. The highest BCUT2D eigenvalue weighted by Crippen LogP contribution is 2.45. The van der Waals surface area contributed by atoms with Crippen LogP contribution in [0.1, 0.15) is 87.1 Å². The Bertz CT molecular complexity index is 1210. The summed E-state index contributed by atoms with van der Waals surface area (Å²) in [5.41, 5.74) is 10.4. The molecule has 0 fully saturated rings. The second-order valence-electron chi connectivity index (χ2n) is 10.0. The van der Waals surface area contributed by atoms with Crippen molar-refractivity contribution in [1.29, 1.82) is 0 Å². The lowest BCUT2D eigenvalue weighted by atomic mass is 9.86. The number of aliphatic hydroxyl groups excluding tert-OH is 1. The number of ether oxygens (including phenoxy) is 1. The number of nitrogens with two attached hydrogens (primary N) is 1. The number of halogens is 2. The van der Waals surface area contributed by atoms with Gasteiger partial charge in [-0.1, -0.05) is 112 Å². The third-order valence-corrected chi connectivity index (χ3v) is 7.49. The second kappa shape index (κ2) is 16.5. The van der Waals surface area contributed by atoms with Crippen molar-refractivity contribution in [2.24, 2.45) is 5.73 Å². The highest BCUT2D eigenvalue weighted by atomic mass is 35.5. The van der Waals surface area contributed by atoms with Gasteiger partial charge in [0, 0.05) is 26.7 Å². The van der Waals surface area contributed by atoms with Crippen LogP contribution in [0.5, 0.6) is 5.75 Å². The van der Waals surface area contributed by atoms with Crippen LogP contribution in [0, 0.1) is 0 Å². The predicted octanol–water partition coefficient (Wildman–Crippen LogP) is 9.26. The molecule has 0 heterocycles. The molecule has 3 N–H and O–H groups in total. The van der Waals surface area contributed by atoms with Crippen LogP contribution in [0.2, 0.25) is 10.0 Å². The molecule has 0 saturated carbocycles. The number of unbranched alkanes of at least 4 members (excludes halogenated alkanes) is 9. The molecule has 0 aliphatic heterocycles. The number of benzene rings is 3. The van der Waals surface area contributed by atoms with Gasteiger partial charge in [-0.25, -0.2) is 0 Å². The number of carbonyl (C=O) groups excluding carboxylic acids is 1. The number of rotatable bonds is 17. The van der Waals surface area contributed by atoms with Crippen LogP contribution in [0.25, 0.3) is 22.3 Å². The maximum Gasteiger partial charge on any atom is 0.249 e. The first-order chi connectivity index (χ1) is 19.0. The molecule has 210 valence electrons. The van der Waals surface area contributed by atoms with Gasteiger partial charge in [-0.3, -0.25) is 4.79 Å². The zero-order valence-electron chi connectivity index (χ0n) is 23.0. The van der Waals surface area contributed by atoms with Crippen molar-refractivity contribution >= 4 is 29.1 Å². The van der Waals surface area contributed by atoms with E-state index in [9.17, 15) is 9.90 Å². The molecule has 39 heavy (non-hydrogen) atoms. The Kier molecular flexibility index (Phi) is 13.2. The first kappa shape index (κ1) is 31.0. The van der Waals surface area contributed by atoms with Gasteiger partial charge in [0.1, 0.15) is 12.4 Å². The van der Waals surface area contributed by atoms with Gasteiger partial charge in [-0.05, 0) is 59.9 Å². The van der Waals surface area contributed by atoms with Gasteiger partial charge in [0.2, 0.25) is 5.91 Å². The van der Waals surface area contributed by atoms with Crippen LogP contribution in [0.4, 0.5) is 0 Å². The van der Waals surface area contributed by atoms with E-state index in [1.165, 1.54) is 51.4 Å². The van der Waals surface area contributed by atoms with Crippen molar-refractivity contribution in [3.8, 4) is 28.0 Å². The Morgan fingerprint density at radius 2 is 1.38 bits per heavy atom. The Morgan fingerprint density at radius 3 is 1.95 bits per heavy atom. The quantitative estimate of drug-likeness (QED) is 0.159. The summed E-state index contributed by atoms with van der Waals surface area (Å²) >= 11 is 12.7. The van der Waals surface area contributed by atoms with Crippen molar-refractivity contribution in [3.63, 3.8) is 0 Å². The molecule has 0 bridgehead atoms. The van der Waals surface area contributed by atoms with E-state index in [4.69, 9.17) is 33.7 Å². The molecule has 3 aromatic carbocycles. The van der Waals surface area contributed by atoms with Gasteiger partial charge in [-0.15, -0.1) is 0 Å². The van der Waals surface area contributed by atoms with E-state index in [2.05, 4.69) is 6.92 Å². The first-order valence-corrected chi connectivity index (χ1v) is 15.0. The predicted molar refractivity (Wildman–Crippen MR) is 164 cm³/mol. The lowest BCUT2D eigenvalue weighted by Gasteiger charge is -2.22. The van der Waals surface area contributed by atoms with Crippen molar-refractivity contribution in [2.75, 3.05) is 13.2 Å².